The highest BCUT2D eigenvalue weighted by Gasteiger charge is 2.54. The van der Waals surface area contributed by atoms with Gasteiger partial charge in [0.25, 0.3) is 11.8 Å². The highest BCUT2D eigenvalue weighted by molar-refractivity contribution is 8.01. The predicted octanol–water partition coefficient (Wildman–Crippen LogP) is -1.17. The van der Waals surface area contributed by atoms with Crippen molar-refractivity contribution in [3.05, 3.63) is 32.2 Å². The summed E-state index contributed by atoms with van der Waals surface area (Å²) in [7, 11) is 1.85. The smallest absolute Gasteiger partial charge is 0.352 e. The molecule has 0 spiro atoms. The van der Waals surface area contributed by atoms with Crippen molar-refractivity contribution in [1.82, 2.24) is 30.6 Å². The first kappa shape index (κ1) is 28.7. The van der Waals surface area contributed by atoms with Crippen molar-refractivity contribution >= 4 is 93.2 Å². The first-order valence-corrected chi connectivity index (χ1v) is 15.5. The summed E-state index contributed by atoms with van der Waals surface area (Å²) in [6.07, 6.45) is 2.34. The lowest BCUT2D eigenvalue weighted by Gasteiger charge is -2.49. The molecule has 0 radical (unpaired) electrons. The van der Waals surface area contributed by atoms with Crippen LogP contribution in [0.4, 0.5) is 5.13 Å². The molecule has 1 fully saturated rings. The van der Waals surface area contributed by atoms with Crippen molar-refractivity contribution < 1.29 is 34.2 Å². The number of carboxylic acid groups (broad SMARTS) is 2. The van der Waals surface area contributed by atoms with Gasteiger partial charge in [-0.3, -0.25) is 19.5 Å². The minimum absolute atomic E-state index is 0.0365. The van der Waals surface area contributed by atoms with Crippen LogP contribution in [0, 0.1) is 0 Å². The Hall–Kier alpha value is -3.81. The number of thioether (sulfide) groups is 2. The Morgan fingerprint density at radius 1 is 1.37 bits per heavy atom. The van der Waals surface area contributed by atoms with Gasteiger partial charge in [-0.15, -0.1) is 34.4 Å². The van der Waals surface area contributed by atoms with Gasteiger partial charge in [-0.05, 0) is 12.5 Å². The average Bonchev–Trinajstić information content (AvgIpc) is 3.54. The molecule has 2 aromatic rings. The highest BCUT2D eigenvalue weighted by Crippen LogP contribution is 2.41. The van der Waals surface area contributed by atoms with E-state index in [1.54, 1.807) is 5.01 Å². The monoisotopic (exact) mass is 638 g/mol. The van der Waals surface area contributed by atoms with Crippen LogP contribution in [0.3, 0.4) is 0 Å². The number of β-lactam (4-membered cyclic amide) rings is 1. The molecule has 0 aromatic carbocycles. The number of carbonyl (C=O) groups is 4. The summed E-state index contributed by atoms with van der Waals surface area (Å²) in [5, 5.41) is 28.8. The Morgan fingerprint density at radius 3 is 2.83 bits per heavy atom. The van der Waals surface area contributed by atoms with Crippen LogP contribution in [-0.2, 0) is 24.0 Å². The fourth-order valence-corrected chi connectivity index (χ4v) is 7.94. The molecule has 216 valence electrons. The fourth-order valence-electron chi connectivity index (χ4n) is 3.89. The van der Waals surface area contributed by atoms with Gasteiger partial charge in [0.1, 0.15) is 28.2 Å². The Labute approximate surface area is 247 Å². The molecule has 1 unspecified atom stereocenters. The third-order valence-corrected chi connectivity index (χ3v) is 10.2. The number of hydrogen-bond donors (Lipinski definition) is 5. The van der Waals surface area contributed by atoms with Crippen molar-refractivity contribution in [2.45, 2.75) is 28.8 Å². The quantitative estimate of drug-likeness (QED) is 0.0899. The molecule has 15 nitrogen and oxygen atoms in total. The number of hydrogen-bond acceptors (Lipinski definition) is 15. The largest absolute Gasteiger partial charge is 0.478 e. The summed E-state index contributed by atoms with van der Waals surface area (Å²) in [6.45, 7) is 1.23. The number of aliphatic carboxylic acids is 2. The zero-order chi connectivity index (χ0) is 29.4. The molecule has 19 heteroatoms. The maximum absolute atomic E-state index is 13.1. The van der Waals surface area contributed by atoms with E-state index in [1.165, 1.54) is 52.1 Å². The van der Waals surface area contributed by atoms with E-state index < -0.39 is 41.3 Å². The molecule has 0 saturated carbocycles. The van der Waals surface area contributed by atoms with E-state index in [0.717, 1.165) is 25.6 Å². The molecule has 2 amide bonds. The molecule has 3 atom stereocenters. The molecule has 0 bridgehead atoms. The number of rotatable bonds is 10. The Morgan fingerprint density at radius 2 is 2.15 bits per heavy atom. The average molecular weight is 639 g/mol. The number of fused-ring (bicyclic) bond motifs is 2. The van der Waals surface area contributed by atoms with E-state index in [1.807, 2.05) is 19.4 Å². The first-order chi connectivity index (χ1) is 19.5. The fraction of sp³-hybridized carbons (Fsp3) is 0.318. The van der Waals surface area contributed by atoms with Crippen LogP contribution in [0.5, 0.6) is 0 Å². The summed E-state index contributed by atoms with van der Waals surface area (Å²) in [5.74, 6) is -3.35. The van der Waals surface area contributed by atoms with Crippen LogP contribution in [0.25, 0.3) is 12.4 Å². The number of anilines is 1. The lowest BCUT2D eigenvalue weighted by atomic mass is 10.0. The predicted molar refractivity (Wildman–Crippen MR) is 153 cm³/mol. The third-order valence-electron chi connectivity index (χ3n) is 5.91. The number of aromatic nitrogens is 2. The van der Waals surface area contributed by atoms with Gasteiger partial charge >= 0.3 is 11.9 Å². The molecule has 2 aromatic heterocycles. The number of nitrogens with zero attached hydrogens (tertiary/aromatic N) is 5. The van der Waals surface area contributed by atoms with E-state index in [9.17, 15) is 24.3 Å². The SMILES string of the molecule is C[C@H](ON=C(C(=O)NC1C(=O)N2C(C(=O)O)=C(CSc3nc4c(s3)=CNN(C)C=4)CS[C@@H]12)c1csc(N)n1)C(=O)O. The highest BCUT2D eigenvalue weighted by atomic mass is 32.2. The summed E-state index contributed by atoms with van der Waals surface area (Å²) in [4.78, 5) is 64.3. The van der Waals surface area contributed by atoms with Crippen LogP contribution in [0.2, 0.25) is 0 Å². The number of nitrogens with two attached hydrogens (primary N) is 1. The minimum atomic E-state index is -1.35. The second-order valence-corrected chi connectivity index (χ2v) is 13.0. The lowest BCUT2D eigenvalue weighted by Crippen LogP contribution is -2.71. The standard InChI is InChI=1S/C22H22N8O7S4/c1-8(19(33)34)37-28-13(11-7-39-21(23)25-11)16(31)27-14-17(32)30-15(20(35)36)9(5-38-18(14)30)6-40-22-26-10-4-29(2)24-3-12(10)41-22/h3-4,7-8,14,18,24H,5-6H2,1-2H3,(H2,23,25)(H,27,31)(H,33,34)(H,35,36)/t8-,14?,18-/m0/s1. The van der Waals surface area contributed by atoms with Crippen LogP contribution >= 0.6 is 46.2 Å². The molecule has 3 aliphatic rings. The third kappa shape index (κ3) is 5.83. The molecule has 1 saturated heterocycles. The number of thiazole rings is 2. The van der Waals surface area contributed by atoms with Gasteiger partial charge in [-0.1, -0.05) is 16.9 Å². The molecule has 5 heterocycles. The van der Waals surface area contributed by atoms with E-state index >= 15 is 0 Å². The van der Waals surface area contributed by atoms with E-state index in [0.29, 0.717) is 17.1 Å². The van der Waals surface area contributed by atoms with Gasteiger partial charge in [0.15, 0.2) is 15.2 Å². The minimum Gasteiger partial charge on any atom is -0.478 e. The number of hydrazine groups is 1. The van der Waals surface area contributed by atoms with Crippen LogP contribution in [0.15, 0.2) is 26.1 Å². The molecule has 3 aliphatic heterocycles. The summed E-state index contributed by atoms with van der Waals surface area (Å²) in [5.41, 5.74) is 8.84. The van der Waals surface area contributed by atoms with Crippen LogP contribution in [0.1, 0.15) is 12.6 Å². The Balaban J connectivity index is 1.31. The van der Waals surface area contributed by atoms with Crippen molar-refractivity contribution in [1.29, 1.82) is 0 Å². The van der Waals surface area contributed by atoms with Crippen molar-refractivity contribution in [2.24, 2.45) is 5.16 Å². The van der Waals surface area contributed by atoms with Gasteiger partial charge in [0, 0.05) is 36.3 Å². The topological polar surface area (TPSA) is 213 Å². The van der Waals surface area contributed by atoms with Gasteiger partial charge in [0.05, 0.1) is 4.53 Å². The second-order valence-electron chi connectivity index (χ2n) is 8.75. The zero-order valence-electron chi connectivity index (χ0n) is 21.3. The summed E-state index contributed by atoms with van der Waals surface area (Å²) in [6, 6.07) is -1.05. The van der Waals surface area contributed by atoms with E-state index in [4.69, 9.17) is 15.7 Å². The maximum atomic E-state index is 13.1. The number of nitrogen functional groups attached to an aromatic ring is 1. The maximum Gasteiger partial charge on any atom is 0.352 e. The van der Waals surface area contributed by atoms with E-state index in [-0.39, 0.29) is 22.2 Å². The van der Waals surface area contributed by atoms with Crippen molar-refractivity contribution in [3.8, 4) is 0 Å². The molecule has 6 N–H and O–H groups in total. The number of amides is 2. The summed E-state index contributed by atoms with van der Waals surface area (Å²) >= 11 is 5.21. The number of carboxylic acids is 2. The molecular formula is C22H22N8O7S4. The molecule has 0 aliphatic carbocycles. The molecular weight excluding hydrogens is 617 g/mol. The van der Waals surface area contributed by atoms with Crippen LogP contribution < -0.4 is 26.4 Å². The Bertz CT molecular complexity index is 1620. The Kier molecular flexibility index (Phi) is 8.11. The van der Waals surface area contributed by atoms with E-state index in [2.05, 4.69) is 25.9 Å². The van der Waals surface area contributed by atoms with Gasteiger partial charge in [-0.2, -0.15) is 0 Å². The zero-order valence-corrected chi connectivity index (χ0v) is 24.5. The first-order valence-electron chi connectivity index (χ1n) is 11.7. The lowest BCUT2D eigenvalue weighted by molar-refractivity contribution is -0.150. The van der Waals surface area contributed by atoms with Crippen LogP contribution in [-0.4, -0.2) is 95.6 Å². The van der Waals surface area contributed by atoms with Gasteiger partial charge < -0.3 is 31.5 Å². The van der Waals surface area contributed by atoms with Crippen molar-refractivity contribution in [3.63, 3.8) is 0 Å². The molecule has 41 heavy (non-hydrogen) atoms. The summed E-state index contributed by atoms with van der Waals surface area (Å²) < 4.78 is 1.72. The normalized spacial score (nSPS) is 20.5. The van der Waals surface area contributed by atoms with Crippen molar-refractivity contribution in [2.75, 3.05) is 24.3 Å². The number of oxime groups is 1. The number of nitrogens with one attached hydrogen (secondary N) is 2. The number of carbonyl (C=O) groups excluding carboxylic acids is 2. The van der Waals surface area contributed by atoms with Gasteiger partial charge in [0.2, 0.25) is 6.10 Å². The molecule has 5 rings (SSSR count). The van der Waals surface area contributed by atoms with Gasteiger partial charge in [-0.25, -0.2) is 19.6 Å². The second kappa shape index (κ2) is 11.6.